The lowest BCUT2D eigenvalue weighted by Crippen LogP contribution is -2.58. The van der Waals surface area contributed by atoms with Gasteiger partial charge in [0.15, 0.2) is 0 Å². The number of halogens is 6. The minimum atomic E-state index is -5.70. The van der Waals surface area contributed by atoms with Gasteiger partial charge in [0.2, 0.25) is 0 Å². The monoisotopic (exact) mass is 318 g/mol. The van der Waals surface area contributed by atoms with Crippen LogP contribution in [0.15, 0.2) is 0 Å². The van der Waals surface area contributed by atoms with Crippen molar-refractivity contribution in [2.45, 2.75) is 63.9 Å². The fraction of sp³-hybridized carbons (Fsp3) is 1.00. The molecule has 0 aromatic carbocycles. The minimum absolute atomic E-state index is 0.0447. The van der Waals surface area contributed by atoms with Crippen molar-refractivity contribution in [2.75, 3.05) is 0 Å². The highest BCUT2D eigenvalue weighted by Crippen LogP contribution is 2.57. The van der Waals surface area contributed by atoms with E-state index in [4.69, 9.17) is 0 Å². The standard InChI is InChI=1S/C14H20F6O/c1-11(2)5-8-3-9(6-11)10(4-8)7-12(21,13(15,16)17)14(18,19)20/h8-10,21H,3-7H2,1-2H3. The van der Waals surface area contributed by atoms with Crippen molar-refractivity contribution in [3.63, 3.8) is 0 Å². The summed E-state index contributed by atoms with van der Waals surface area (Å²) in [5.41, 5.74) is -4.64. The molecule has 0 aromatic rings. The van der Waals surface area contributed by atoms with E-state index in [9.17, 15) is 31.4 Å². The molecule has 7 heteroatoms. The average Bonchev–Trinajstić information content (AvgIpc) is 2.49. The van der Waals surface area contributed by atoms with Crippen molar-refractivity contribution >= 4 is 0 Å². The van der Waals surface area contributed by atoms with Crippen molar-refractivity contribution in [1.82, 2.24) is 0 Å². The van der Waals surface area contributed by atoms with Gasteiger partial charge in [-0.15, -0.1) is 0 Å². The third-order valence-corrected chi connectivity index (χ3v) is 5.09. The lowest BCUT2D eigenvalue weighted by molar-refractivity contribution is -0.373. The molecule has 0 radical (unpaired) electrons. The Labute approximate surface area is 119 Å². The molecule has 0 amide bonds. The minimum Gasteiger partial charge on any atom is -0.374 e. The molecule has 0 aromatic heterocycles. The van der Waals surface area contributed by atoms with Crippen LogP contribution in [-0.2, 0) is 0 Å². The maximum atomic E-state index is 12.8. The summed E-state index contributed by atoms with van der Waals surface area (Å²) < 4.78 is 76.7. The molecule has 2 saturated carbocycles. The zero-order valence-corrected chi connectivity index (χ0v) is 12.0. The largest absolute Gasteiger partial charge is 0.426 e. The van der Waals surface area contributed by atoms with Crippen LogP contribution in [0.5, 0.6) is 0 Å². The smallest absolute Gasteiger partial charge is 0.374 e. The van der Waals surface area contributed by atoms with Gasteiger partial charge in [-0.3, -0.25) is 0 Å². The second-order valence-corrected chi connectivity index (χ2v) is 7.49. The topological polar surface area (TPSA) is 20.2 Å². The van der Waals surface area contributed by atoms with Crippen molar-refractivity contribution < 1.29 is 31.4 Å². The van der Waals surface area contributed by atoms with Gasteiger partial charge in [0, 0.05) is 0 Å². The fourth-order valence-corrected chi connectivity index (χ4v) is 4.35. The molecule has 3 atom stereocenters. The Hall–Kier alpha value is -0.460. The van der Waals surface area contributed by atoms with Crippen LogP contribution in [0.3, 0.4) is 0 Å². The van der Waals surface area contributed by atoms with E-state index in [1.807, 2.05) is 13.8 Å². The van der Waals surface area contributed by atoms with E-state index < -0.39 is 30.3 Å². The van der Waals surface area contributed by atoms with E-state index in [-0.39, 0.29) is 17.3 Å². The molecular formula is C14H20F6O. The van der Waals surface area contributed by atoms with Crippen LogP contribution in [0.2, 0.25) is 0 Å². The van der Waals surface area contributed by atoms with Gasteiger partial charge < -0.3 is 5.11 Å². The Kier molecular flexibility index (Phi) is 3.84. The maximum absolute atomic E-state index is 12.8. The third kappa shape index (κ3) is 3.03. The lowest BCUT2D eigenvalue weighted by atomic mass is 9.70. The number of fused-ring (bicyclic) bond motifs is 2. The molecule has 2 bridgehead atoms. The molecule has 0 saturated heterocycles. The summed E-state index contributed by atoms with van der Waals surface area (Å²) in [6.07, 6.45) is -10.2. The molecule has 2 fully saturated rings. The van der Waals surface area contributed by atoms with Crippen LogP contribution >= 0.6 is 0 Å². The quantitative estimate of drug-likeness (QED) is 0.732. The molecule has 3 unspecified atom stereocenters. The van der Waals surface area contributed by atoms with E-state index in [0.717, 1.165) is 6.42 Å². The molecule has 1 nitrogen and oxygen atoms in total. The van der Waals surface area contributed by atoms with Gasteiger partial charge in [0.1, 0.15) is 0 Å². The van der Waals surface area contributed by atoms with Gasteiger partial charge in [-0.1, -0.05) is 13.8 Å². The SMILES string of the molecule is CC1(C)CC2CC(C1)C(CC(O)(C(F)(F)F)C(F)(F)F)C2. The Morgan fingerprint density at radius 3 is 1.95 bits per heavy atom. The first-order chi connectivity index (χ1) is 9.25. The predicted molar refractivity (Wildman–Crippen MR) is 64.4 cm³/mol. The summed E-state index contributed by atoms with van der Waals surface area (Å²) in [6, 6.07) is 0. The van der Waals surface area contributed by atoms with Crippen molar-refractivity contribution in [1.29, 1.82) is 0 Å². The van der Waals surface area contributed by atoms with Gasteiger partial charge >= 0.3 is 12.4 Å². The summed E-state index contributed by atoms with van der Waals surface area (Å²) in [4.78, 5) is 0. The van der Waals surface area contributed by atoms with Crippen LogP contribution in [0.25, 0.3) is 0 Å². The number of alkyl halides is 6. The maximum Gasteiger partial charge on any atom is 0.426 e. The van der Waals surface area contributed by atoms with Crippen LogP contribution in [-0.4, -0.2) is 23.1 Å². The van der Waals surface area contributed by atoms with Gasteiger partial charge in [-0.25, -0.2) is 0 Å². The Bertz CT molecular complexity index is 383. The molecule has 0 aliphatic heterocycles. The molecule has 2 aliphatic rings. The zero-order valence-electron chi connectivity index (χ0n) is 12.0. The summed E-state index contributed by atoms with van der Waals surface area (Å²) in [7, 11) is 0. The van der Waals surface area contributed by atoms with E-state index in [1.54, 1.807) is 0 Å². The molecule has 2 rings (SSSR count). The Balaban J connectivity index is 2.20. The first kappa shape index (κ1) is 16.9. The predicted octanol–water partition coefficient (Wildman–Crippen LogP) is 4.69. The van der Waals surface area contributed by atoms with E-state index >= 15 is 0 Å². The van der Waals surface area contributed by atoms with E-state index in [1.165, 1.54) is 0 Å². The molecule has 21 heavy (non-hydrogen) atoms. The highest BCUT2D eigenvalue weighted by molar-refractivity contribution is 5.01. The van der Waals surface area contributed by atoms with E-state index in [2.05, 4.69) is 0 Å². The first-order valence-electron chi connectivity index (χ1n) is 7.11. The average molecular weight is 318 g/mol. The van der Waals surface area contributed by atoms with Gasteiger partial charge in [-0.05, 0) is 55.3 Å². The summed E-state index contributed by atoms with van der Waals surface area (Å²) in [5, 5.41) is 9.34. The second-order valence-electron chi connectivity index (χ2n) is 7.49. The number of hydrogen-bond donors (Lipinski definition) is 1. The molecule has 0 heterocycles. The van der Waals surface area contributed by atoms with Crippen LogP contribution in [0, 0.1) is 23.2 Å². The van der Waals surface area contributed by atoms with Gasteiger partial charge in [0.25, 0.3) is 5.60 Å². The summed E-state index contributed by atoms with van der Waals surface area (Å²) in [6.45, 7) is 3.99. The number of aliphatic hydroxyl groups is 1. The Morgan fingerprint density at radius 1 is 0.952 bits per heavy atom. The van der Waals surface area contributed by atoms with Gasteiger partial charge in [-0.2, -0.15) is 26.3 Å². The molecular weight excluding hydrogens is 298 g/mol. The molecule has 2 aliphatic carbocycles. The van der Waals surface area contributed by atoms with Gasteiger partial charge in [0.05, 0.1) is 0 Å². The first-order valence-corrected chi connectivity index (χ1v) is 7.11. The molecule has 1 N–H and O–H groups in total. The summed E-state index contributed by atoms with van der Waals surface area (Å²) >= 11 is 0. The highest BCUT2D eigenvalue weighted by atomic mass is 19.4. The van der Waals surface area contributed by atoms with Crippen LogP contribution < -0.4 is 0 Å². The number of rotatable bonds is 2. The van der Waals surface area contributed by atoms with Crippen molar-refractivity contribution in [3.8, 4) is 0 Å². The van der Waals surface area contributed by atoms with Crippen molar-refractivity contribution in [3.05, 3.63) is 0 Å². The van der Waals surface area contributed by atoms with Crippen molar-refractivity contribution in [2.24, 2.45) is 23.2 Å². The number of hydrogen-bond acceptors (Lipinski definition) is 1. The van der Waals surface area contributed by atoms with Crippen LogP contribution in [0.4, 0.5) is 26.3 Å². The summed E-state index contributed by atoms with van der Waals surface area (Å²) in [5.74, 6) is -0.700. The zero-order chi connectivity index (χ0) is 16.3. The lowest BCUT2D eigenvalue weighted by Gasteiger charge is -2.38. The molecule has 0 spiro atoms. The molecule has 124 valence electrons. The normalized spacial score (nSPS) is 33.3. The second kappa shape index (κ2) is 4.77. The van der Waals surface area contributed by atoms with Crippen LogP contribution in [0.1, 0.15) is 46.0 Å². The third-order valence-electron chi connectivity index (χ3n) is 5.09. The fourth-order valence-electron chi connectivity index (χ4n) is 4.35. The highest BCUT2D eigenvalue weighted by Gasteiger charge is 2.71. The van der Waals surface area contributed by atoms with E-state index in [0.29, 0.717) is 19.3 Å². The Morgan fingerprint density at radius 2 is 1.48 bits per heavy atom.